The van der Waals surface area contributed by atoms with Crippen molar-refractivity contribution in [3.8, 4) is 0 Å². The van der Waals surface area contributed by atoms with Gasteiger partial charge < -0.3 is 10.0 Å². The molecule has 4 rings (SSSR count). The van der Waals surface area contributed by atoms with E-state index in [2.05, 4.69) is 20.8 Å². The van der Waals surface area contributed by atoms with E-state index in [1.807, 2.05) is 0 Å². The lowest BCUT2D eigenvalue weighted by atomic mass is 9.47. The van der Waals surface area contributed by atoms with Gasteiger partial charge >= 0.3 is 0 Å². The number of hydrogen-bond donors (Lipinski definition) is 1. The molecular formula is C24H33NO4. The van der Waals surface area contributed by atoms with Crippen LogP contribution in [-0.2, 0) is 14.4 Å². The number of aliphatic hydroxyl groups excluding tert-OH is 1. The fourth-order valence-electron chi connectivity index (χ4n) is 7.55. The summed E-state index contributed by atoms with van der Waals surface area (Å²) in [7, 11) is 3.30. The van der Waals surface area contributed by atoms with Crippen LogP contribution in [0.15, 0.2) is 23.5 Å². The van der Waals surface area contributed by atoms with E-state index in [9.17, 15) is 19.5 Å². The number of amides is 1. The van der Waals surface area contributed by atoms with Gasteiger partial charge in [-0.1, -0.05) is 26.3 Å². The largest absolute Gasteiger partial charge is 0.504 e. The molecule has 0 bridgehead atoms. The summed E-state index contributed by atoms with van der Waals surface area (Å²) in [6, 6.07) is 0. The van der Waals surface area contributed by atoms with Gasteiger partial charge in [-0.05, 0) is 73.3 Å². The number of allylic oxidation sites excluding steroid dienone is 3. The van der Waals surface area contributed by atoms with Crippen LogP contribution < -0.4 is 0 Å². The summed E-state index contributed by atoms with van der Waals surface area (Å²) in [5.41, 5.74) is 0.705. The number of nitrogens with zero attached hydrogens (tertiary/aromatic N) is 1. The maximum absolute atomic E-state index is 13.1. The highest BCUT2D eigenvalue weighted by atomic mass is 16.3. The van der Waals surface area contributed by atoms with Gasteiger partial charge in [0.15, 0.2) is 5.76 Å². The van der Waals surface area contributed by atoms with Gasteiger partial charge in [0.25, 0.3) is 5.91 Å². The van der Waals surface area contributed by atoms with Crippen LogP contribution in [0.3, 0.4) is 0 Å². The van der Waals surface area contributed by atoms with E-state index in [0.717, 1.165) is 37.7 Å². The summed E-state index contributed by atoms with van der Waals surface area (Å²) in [6.45, 7) is 6.52. The lowest BCUT2D eigenvalue weighted by Gasteiger charge is -2.56. The standard InChI is InChI=1S/C24H33NO4/c1-13-10-17-15-7-6-14-11-18(26)19(27)12-24(14,3)16(15)8-9-23(17,2)20(13)21(28)22(29)25(4)5/h11-13,15-17,20,27H,6-10H2,1-5H3/t13-,15-,16+,17+,20-,23+,24+/m1/s1. The third-order valence-corrected chi connectivity index (χ3v) is 8.88. The molecule has 0 saturated heterocycles. The van der Waals surface area contributed by atoms with E-state index in [-0.39, 0.29) is 45.9 Å². The van der Waals surface area contributed by atoms with Gasteiger partial charge in [-0.25, -0.2) is 0 Å². The Kier molecular flexibility index (Phi) is 4.60. The number of hydrogen-bond acceptors (Lipinski definition) is 4. The molecule has 3 saturated carbocycles. The van der Waals surface area contributed by atoms with Crippen LogP contribution in [0.2, 0.25) is 0 Å². The zero-order valence-electron chi connectivity index (χ0n) is 18.2. The highest BCUT2D eigenvalue weighted by Crippen LogP contribution is 2.67. The molecule has 0 aliphatic heterocycles. The quantitative estimate of drug-likeness (QED) is 0.719. The predicted octanol–water partition coefficient (Wildman–Crippen LogP) is 3.70. The van der Waals surface area contributed by atoms with Crippen LogP contribution in [0.1, 0.15) is 52.9 Å². The van der Waals surface area contributed by atoms with Crippen molar-refractivity contribution < 1.29 is 19.5 Å². The lowest BCUT2D eigenvalue weighted by Crippen LogP contribution is -2.51. The molecule has 158 valence electrons. The topological polar surface area (TPSA) is 74.7 Å². The first-order chi connectivity index (χ1) is 13.5. The summed E-state index contributed by atoms with van der Waals surface area (Å²) in [5, 5.41) is 10.2. The van der Waals surface area contributed by atoms with Crippen molar-refractivity contribution in [1.82, 2.24) is 4.90 Å². The number of carbonyl (C=O) groups excluding carboxylic acids is 3. The molecule has 0 aromatic heterocycles. The van der Waals surface area contributed by atoms with Crippen molar-refractivity contribution in [2.24, 2.45) is 40.4 Å². The van der Waals surface area contributed by atoms with E-state index in [0.29, 0.717) is 17.8 Å². The average Bonchev–Trinajstić information content (AvgIpc) is 2.92. The van der Waals surface area contributed by atoms with Gasteiger partial charge in [0.1, 0.15) is 0 Å². The van der Waals surface area contributed by atoms with Crippen LogP contribution in [0, 0.1) is 40.4 Å². The van der Waals surface area contributed by atoms with E-state index in [1.165, 1.54) is 4.90 Å². The van der Waals surface area contributed by atoms with E-state index >= 15 is 0 Å². The van der Waals surface area contributed by atoms with Crippen molar-refractivity contribution in [3.05, 3.63) is 23.5 Å². The first kappa shape index (κ1) is 20.4. The molecule has 4 aliphatic carbocycles. The molecule has 0 aromatic rings. The molecule has 7 atom stereocenters. The lowest BCUT2D eigenvalue weighted by molar-refractivity contribution is -0.149. The van der Waals surface area contributed by atoms with Gasteiger partial charge in [-0.3, -0.25) is 14.4 Å². The highest BCUT2D eigenvalue weighted by Gasteiger charge is 2.62. The number of rotatable bonds is 2. The number of carbonyl (C=O) groups is 3. The minimum Gasteiger partial charge on any atom is -0.504 e. The van der Waals surface area contributed by atoms with Crippen LogP contribution in [0.25, 0.3) is 0 Å². The molecule has 4 aliphatic rings. The fourth-order valence-corrected chi connectivity index (χ4v) is 7.55. The zero-order chi connectivity index (χ0) is 21.3. The number of ketones is 2. The number of aliphatic hydroxyl groups is 1. The first-order valence-electron chi connectivity index (χ1n) is 10.9. The molecule has 1 amide bonds. The summed E-state index contributed by atoms with van der Waals surface area (Å²) >= 11 is 0. The SMILES string of the molecule is C[C@@H]1C[C@H]2[C@@H]3CCC4=CC(=O)C(O)=C[C@]4(C)[C@H]3CC[C@]2(C)[C@H]1C(=O)C(=O)N(C)C. The Morgan fingerprint density at radius 3 is 2.52 bits per heavy atom. The summed E-state index contributed by atoms with van der Waals surface area (Å²) < 4.78 is 0. The molecule has 5 heteroatoms. The molecule has 1 N–H and O–H groups in total. The first-order valence-corrected chi connectivity index (χ1v) is 10.9. The van der Waals surface area contributed by atoms with Crippen molar-refractivity contribution in [3.63, 3.8) is 0 Å². The minimum absolute atomic E-state index is 0.130. The molecule has 0 spiro atoms. The fraction of sp³-hybridized carbons (Fsp3) is 0.708. The molecule has 0 unspecified atom stereocenters. The Morgan fingerprint density at radius 1 is 1.17 bits per heavy atom. The maximum Gasteiger partial charge on any atom is 0.289 e. The Balaban J connectivity index is 1.67. The van der Waals surface area contributed by atoms with E-state index in [1.54, 1.807) is 26.2 Å². The van der Waals surface area contributed by atoms with Crippen molar-refractivity contribution in [1.29, 1.82) is 0 Å². The normalized spacial score (nSPS) is 43.5. The number of likely N-dealkylation sites (N-methyl/N-ethyl adjacent to an activating group) is 1. The highest BCUT2D eigenvalue weighted by molar-refractivity contribution is 6.37. The predicted molar refractivity (Wildman–Crippen MR) is 110 cm³/mol. The van der Waals surface area contributed by atoms with Crippen LogP contribution in [-0.4, -0.2) is 41.6 Å². The molecule has 29 heavy (non-hydrogen) atoms. The van der Waals surface area contributed by atoms with Crippen LogP contribution >= 0.6 is 0 Å². The molecular weight excluding hydrogens is 366 g/mol. The van der Waals surface area contributed by atoms with Gasteiger partial charge in [0.05, 0.1) is 0 Å². The molecule has 5 nitrogen and oxygen atoms in total. The molecule has 0 heterocycles. The van der Waals surface area contributed by atoms with Crippen LogP contribution in [0.4, 0.5) is 0 Å². The van der Waals surface area contributed by atoms with Gasteiger partial charge in [0.2, 0.25) is 11.6 Å². The molecule has 0 radical (unpaired) electrons. The maximum atomic E-state index is 13.1. The van der Waals surface area contributed by atoms with Crippen molar-refractivity contribution >= 4 is 17.5 Å². The van der Waals surface area contributed by atoms with Gasteiger partial charge in [-0.2, -0.15) is 0 Å². The van der Waals surface area contributed by atoms with Gasteiger partial charge in [0, 0.05) is 25.4 Å². The summed E-state index contributed by atoms with van der Waals surface area (Å²) in [4.78, 5) is 39.0. The smallest absolute Gasteiger partial charge is 0.289 e. The zero-order valence-corrected chi connectivity index (χ0v) is 18.2. The molecule has 0 aromatic carbocycles. The monoisotopic (exact) mass is 399 g/mol. The third kappa shape index (κ3) is 2.76. The van der Waals surface area contributed by atoms with Gasteiger partial charge in [-0.15, -0.1) is 0 Å². The Labute approximate surface area is 173 Å². The second-order valence-electron chi connectivity index (χ2n) is 10.6. The van der Waals surface area contributed by atoms with E-state index < -0.39 is 0 Å². The van der Waals surface area contributed by atoms with Crippen LogP contribution in [0.5, 0.6) is 0 Å². The number of fused-ring (bicyclic) bond motifs is 5. The summed E-state index contributed by atoms with van der Waals surface area (Å²) in [5.74, 6) is 0.163. The summed E-state index contributed by atoms with van der Waals surface area (Å²) in [6.07, 6.45) is 8.16. The van der Waals surface area contributed by atoms with Crippen molar-refractivity contribution in [2.45, 2.75) is 52.9 Å². The minimum atomic E-state index is -0.384. The Morgan fingerprint density at radius 2 is 1.86 bits per heavy atom. The van der Waals surface area contributed by atoms with E-state index in [4.69, 9.17) is 0 Å². The average molecular weight is 400 g/mol. The second kappa shape index (κ2) is 6.55. The second-order valence-corrected chi connectivity index (χ2v) is 10.6. The number of Topliss-reactive ketones (excluding diaryl/α,β-unsaturated/α-hetero) is 1. The van der Waals surface area contributed by atoms with Crippen molar-refractivity contribution in [2.75, 3.05) is 14.1 Å². The third-order valence-electron chi connectivity index (χ3n) is 8.88. The Hall–Kier alpha value is -1.91. The Bertz CT molecular complexity index is 840. The molecule has 3 fully saturated rings.